The SMILES string of the molecule is CS(=O)(=O)c1ccc(NC(=O)N2CCc3ccccc3C2)cc1. The summed E-state index contributed by atoms with van der Waals surface area (Å²) in [4.78, 5) is 14.4. The number of carbonyl (C=O) groups is 1. The van der Waals surface area contributed by atoms with E-state index in [1.54, 1.807) is 17.0 Å². The van der Waals surface area contributed by atoms with Gasteiger partial charge in [0.05, 0.1) is 4.90 Å². The Balaban J connectivity index is 1.68. The zero-order chi connectivity index (χ0) is 16.4. The van der Waals surface area contributed by atoms with Crippen molar-refractivity contribution in [3.63, 3.8) is 0 Å². The molecule has 2 aromatic rings. The summed E-state index contributed by atoms with van der Waals surface area (Å²) in [5.41, 5.74) is 3.04. The molecule has 0 saturated carbocycles. The maximum atomic E-state index is 12.4. The number of anilines is 1. The molecule has 23 heavy (non-hydrogen) atoms. The highest BCUT2D eigenvalue weighted by molar-refractivity contribution is 7.90. The number of hydrogen-bond donors (Lipinski definition) is 1. The summed E-state index contributed by atoms with van der Waals surface area (Å²) in [6, 6.07) is 14.1. The highest BCUT2D eigenvalue weighted by Gasteiger charge is 2.20. The molecule has 0 fully saturated rings. The van der Waals surface area contributed by atoms with Crippen LogP contribution in [-0.4, -0.2) is 32.1 Å². The summed E-state index contributed by atoms with van der Waals surface area (Å²) in [6.45, 7) is 1.26. The van der Waals surface area contributed by atoms with Crippen LogP contribution >= 0.6 is 0 Å². The third-order valence-electron chi connectivity index (χ3n) is 3.95. The quantitative estimate of drug-likeness (QED) is 0.920. The number of amides is 2. The lowest BCUT2D eigenvalue weighted by Crippen LogP contribution is -2.38. The fourth-order valence-corrected chi connectivity index (χ4v) is 3.29. The predicted molar refractivity (Wildman–Crippen MR) is 89.1 cm³/mol. The van der Waals surface area contributed by atoms with Crippen molar-refractivity contribution in [2.24, 2.45) is 0 Å². The van der Waals surface area contributed by atoms with E-state index >= 15 is 0 Å². The summed E-state index contributed by atoms with van der Waals surface area (Å²) < 4.78 is 22.9. The first-order valence-corrected chi connectivity index (χ1v) is 9.25. The molecule has 0 aromatic heterocycles. The highest BCUT2D eigenvalue weighted by Crippen LogP contribution is 2.20. The Morgan fingerprint density at radius 3 is 2.35 bits per heavy atom. The highest BCUT2D eigenvalue weighted by atomic mass is 32.2. The van der Waals surface area contributed by atoms with Crippen LogP contribution in [0, 0.1) is 0 Å². The van der Waals surface area contributed by atoms with Gasteiger partial charge in [-0.05, 0) is 41.8 Å². The van der Waals surface area contributed by atoms with E-state index in [1.165, 1.54) is 23.3 Å². The first-order chi connectivity index (χ1) is 10.9. The number of carbonyl (C=O) groups excluding carboxylic acids is 1. The third kappa shape index (κ3) is 3.53. The molecule has 1 heterocycles. The number of sulfone groups is 1. The van der Waals surface area contributed by atoms with Crippen LogP contribution in [0.25, 0.3) is 0 Å². The Morgan fingerprint density at radius 1 is 1.04 bits per heavy atom. The molecule has 1 N–H and O–H groups in total. The molecule has 0 radical (unpaired) electrons. The van der Waals surface area contributed by atoms with Crippen LogP contribution in [0.4, 0.5) is 10.5 Å². The van der Waals surface area contributed by atoms with E-state index in [9.17, 15) is 13.2 Å². The lowest BCUT2D eigenvalue weighted by Gasteiger charge is -2.29. The van der Waals surface area contributed by atoms with Crippen molar-refractivity contribution in [3.8, 4) is 0 Å². The molecule has 0 spiro atoms. The van der Waals surface area contributed by atoms with E-state index in [2.05, 4.69) is 11.4 Å². The maximum Gasteiger partial charge on any atom is 0.322 e. The molecule has 5 nitrogen and oxygen atoms in total. The van der Waals surface area contributed by atoms with Gasteiger partial charge < -0.3 is 10.2 Å². The van der Waals surface area contributed by atoms with Gasteiger partial charge in [-0.2, -0.15) is 0 Å². The van der Waals surface area contributed by atoms with E-state index in [-0.39, 0.29) is 10.9 Å². The summed E-state index contributed by atoms with van der Waals surface area (Å²) in [5.74, 6) is 0. The summed E-state index contributed by atoms with van der Waals surface area (Å²) in [5, 5.41) is 2.81. The first kappa shape index (κ1) is 15.6. The largest absolute Gasteiger partial charge is 0.322 e. The van der Waals surface area contributed by atoms with Crippen LogP contribution in [0.1, 0.15) is 11.1 Å². The van der Waals surface area contributed by atoms with Crippen LogP contribution in [0.2, 0.25) is 0 Å². The average molecular weight is 330 g/mol. The minimum Gasteiger partial charge on any atom is -0.320 e. The van der Waals surface area contributed by atoms with Crippen molar-refractivity contribution in [3.05, 3.63) is 59.7 Å². The van der Waals surface area contributed by atoms with E-state index in [0.29, 0.717) is 18.8 Å². The minimum atomic E-state index is -3.23. The van der Waals surface area contributed by atoms with E-state index in [1.807, 2.05) is 18.2 Å². The van der Waals surface area contributed by atoms with Crippen molar-refractivity contribution in [2.45, 2.75) is 17.9 Å². The molecule has 2 aromatic carbocycles. The van der Waals surface area contributed by atoms with Crippen LogP contribution in [0.5, 0.6) is 0 Å². The Morgan fingerprint density at radius 2 is 1.70 bits per heavy atom. The molecule has 1 aliphatic rings. The average Bonchev–Trinajstić information content (AvgIpc) is 2.54. The van der Waals surface area contributed by atoms with E-state index < -0.39 is 9.84 Å². The third-order valence-corrected chi connectivity index (χ3v) is 5.08. The van der Waals surface area contributed by atoms with E-state index in [4.69, 9.17) is 0 Å². The van der Waals surface area contributed by atoms with Gasteiger partial charge in [0.25, 0.3) is 0 Å². The second-order valence-corrected chi connectivity index (χ2v) is 7.68. The number of benzene rings is 2. The molecule has 0 saturated heterocycles. The summed E-state index contributed by atoms with van der Waals surface area (Å²) >= 11 is 0. The molecule has 120 valence electrons. The summed E-state index contributed by atoms with van der Waals surface area (Å²) in [6.07, 6.45) is 2.00. The number of urea groups is 1. The Kier molecular flexibility index (Phi) is 4.09. The molecule has 3 rings (SSSR count). The van der Waals surface area contributed by atoms with Gasteiger partial charge >= 0.3 is 6.03 Å². The van der Waals surface area contributed by atoms with Crippen LogP contribution in [-0.2, 0) is 22.8 Å². The number of rotatable bonds is 2. The molecular weight excluding hydrogens is 312 g/mol. The van der Waals surface area contributed by atoms with Crippen LogP contribution in [0.15, 0.2) is 53.4 Å². The monoisotopic (exact) mass is 330 g/mol. The predicted octanol–water partition coefficient (Wildman–Crippen LogP) is 2.68. The molecular formula is C17H18N2O3S. The molecule has 0 unspecified atom stereocenters. The summed E-state index contributed by atoms with van der Waals surface area (Å²) in [7, 11) is -3.23. The van der Waals surface area contributed by atoms with Crippen LogP contribution < -0.4 is 5.32 Å². The Labute approximate surface area is 135 Å². The molecule has 1 aliphatic heterocycles. The van der Waals surface area contributed by atoms with Crippen LogP contribution in [0.3, 0.4) is 0 Å². The lowest BCUT2D eigenvalue weighted by atomic mass is 10.0. The molecule has 2 amide bonds. The van der Waals surface area contributed by atoms with Gasteiger partial charge in [0.1, 0.15) is 0 Å². The van der Waals surface area contributed by atoms with Crippen molar-refractivity contribution < 1.29 is 13.2 Å². The number of nitrogens with zero attached hydrogens (tertiary/aromatic N) is 1. The number of hydrogen-bond acceptors (Lipinski definition) is 3. The number of nitrogens with one attached hydrogen (secondary N) is 1. The lowest BCUT2D eigenvalue weighted by molar-refractivity contribution is 0.206. The minimum absolute atomic E-state index is 0.174. The fraction of sp³-hybridized carbons (Fsp3) is 0.235. The topological polar surface area (TPSA) is 66.5 Å². The Bertz CT molecular complexity index is 829. The van der Waals surface area contributed by atoms with Gasteiger partial charge in [-0.3, -0.25) is 0 Å². The second-order valence-electron chi connectivity index (χ2n) is 5.67. The first-order valence-electron chi connectivity index (χ1n) is 7.36. The maximum absolute atomic E-state index is 12.4. The smallest absolute Gasteiger partial charge is 0.320 e. The van der Waals surface area contributed by atoms with Gasteiger partial charge in [-0.1, -0.05) is 24.3 Å². The van der Waals surface area contributed by atoms with Crippen molar-refractivity contribution in [2.75, 3.05) is 18.1 Å². The van der Waals surface area contributed by atoms with Gasteiger partial charge in [0.2, 0.25) is 0 Å². The van der Waals surface area contributed by atoms with Crippen molar-refractivity contribution in [1.82, 2.24) is 4.90 Å². The molecule has 6 heteroatoms. The zero-order valence-electron chi connectivity index (χ0n) is 12.8. The van der Waals surface area contributed by atoms with Crippen molar-refractivity contribution in [1.29, 1.82) is 0 Å². The molecule has 0 atom stereocenters. The molecule has 0 bridgehead atoms. The van der Waals surface area contributed by atoms with E-state index in [0.717, 1.165) is 12.7 Å². The normalized spacial score (nSPS) is 14.2. The number of fused-ring (bicyclic) bond motifs is 1. The standard InChI is InChI=1S/C17H18N2O3S/c1-23(21,22)16-8-6-15(7-9-16)18-17(20)19-11-10-13-4-2-3-5-14(13)12-19/h2-9H,10-12H2,1H3,(H,18,20). The van der Waals surface area contributed by atoms with Gasteiger partial charge in [0.15, 0.2) is 9.84 Å². The second kappa shape index (κ2) is 6.04. The zero-order valence-corrected chi connectivity index (χ0v) is 13.6. The molecule has 0 aliphatic carbocycles. The van der Waals surface area contributed by atoms with Gasteiger partial charge in [0, 0.05) is 25.0 Å². The van der Waals surface area contributed by atoms with Gasteiger partial charge in [-0.15, -0.1) is 0 Å². The van der Waals surface area contributed by atoms with Crippen molar-refractivity contribution >= 4 is 21.6 Å². The Hall–Kier alpha value is -2.34. The fourth-order valence-electron chi connectivity index (χ4n) is 2.66. The van der Waals surface area contributed by atoms with Gasteiger partial charge in [-0.25, -0.2) is 13.2 Å².